The molecule has 0 saturated carbocycles. The molecule has 7 nitrogen and oxygen atoms in total. The van der Waals surface area contributed by atoms with Crippen LogP contribution in [0.4, 0.5) is 4.79 Å². The van der Waals surface area contributed by atoms with Gasteiger partial charge in [0.25, 0.3) is 0 Å². The zero-order valence-corrected chi connectivity index (χ0v) is 14.8. The molecule has 2 N–H and O–H groups in total. The summed E-state index contributed by atoms with van der Waals surface area (Å²) in [7, 11) is 0. The number of hydrogen-bond donors (Lipinski definition) is 2. The Labute approximate surface area is 137 Å². The highest BCUT2D eigenvalue weighted by molar-refractivity contribution is 5.90. The Balaban J connectivity index is 0.000000231. The molecule has 0 radical (unpaired) electrons. The quantitative estimate of drug-likeness (QED) is 0.807. The minimum absolute atomic E-state index is 0.0239. The number of alkyl carbamates (subject to hydrolysis) is 1. The number of rotatable bonds is 4. The number of Topliss-reactive ketones (excluding diaryl/α,β-unsaturated/α-hetero) is 2. The van der Waals surface area contributed by atoms with Gasteiger partial charge >= 0.3 is 6.09 Å². The predicted molar refractivity (Wildman–Crippen MR) is 84.9 cm³/mol. The number of amides is 1. The molecule has 1 amide bonds. The maximum Gasteiger partial charge on any atom is 0.407 e. The summed E-state index contributed by atoms with van der Waals surface area (Å²) >= 11 is 0. The van der Waals surface area contributed by atoms with Crippen LogP contribution in [0.15, 0.2) is 0 Å². The van der Waals surface area contributed by atoms with Gasteiger partial charge in [-0.25, -0.2) is 4.79 Å². The normalized spacial score (nSPS) is 25.7. The van der Waals surface area contributed by atoms with Gasteiger partial charge in [-0.15, -0.1) is 0 Å². The predicted octanol–water partition coefficient (Wildman–Crippen LogP) is 1.26. The van der Waals surface area contributed by atoms with E-state index in [1.807, 2.05) is 27.7 Å². The fourth-order valence-electron chi connectivity index (χ4n) is 2.36. The number of cyclic esters (lactones) is 1. The third-order valence-corrected chi connectivity index (χ3v) is 3.87. The van der Waals surface area contributed by atoms with Crippen LogP contribution in [0.1, 0.15) is 41.5 Å². The Bertz CT molecular complexity index is 459. The summed E-state index contributed by atoms with van der Waals surface area (Å²) < 4.78 is 9.96. The summed E-state index contributed by atoms with van der Waals surface area (Å²) in [4.78, 5) is 33.3. The molecule has 0 bridgehead atoms. The van der Waals surface area contributed by atoms with E-state index >= 15 is 0 Å². The van der Waals surface area contributed by atoms with Gasteiger partial charge in [0.15, 0.2) is 11.6 Å². The number of ketones is 2. The first-order valence-electron chi connectivity index (χ1n) is 7.94. The van der Waals surface area contributed by atoms with Gasteiger partial charge in [0, 0.05) is 11.8 Å². The smallest absolute Gasteiger partial charge is 0.407 e. The van der Waals surface area contributed by atoms with Crippen LogP contribution in [0.3, 0.4) is 0 Å². The third kappa shape index (κ3) is 5.28. The van der Waals surface area contributed by atoms with Gasteiger partial charge in [-0.1, -0.05) is 27.7 Å². The van der Waals surface area contributed by atoms with E-state index in [-0.39, 0.29) is 41.7 Å². The van der Waals surface area contributed by atoms with Crippen molar-refractivity contribution < 1.29 is 23.9 Å². The van der Waals surface area contributed by atoms with Crippen molar-refractivity contribution in [2.45, 2.75) is 59.2 Å². The minimum Gasteiger partial charge on any atom is -0.447 e. The van der Waals surface area contributed by atoms with Gasteiger partial charge in [-0.2, -0.15) is 0 Å². The molecule has 2 fully saturated rings. The molecular formula is C16H28N2O5. The van der Waals surface area contributed by atoms with Crippen molar-refractivity contribution in [3.63, 3.8) is 0 Å². The first kappa shape index (κ1) is 19.6. The Morgan fingerprint density at radius 2 is 1.70 bits per heavy atom. The molecule has 2 atom stereocenters. The van der Waals surface area contributed by atoms with E-state index in [4.69, 9.17) is 4.74 Å². The van der Waals surface area contributed by atoms with Crippen LogP contribution in [0.5, 0.6) is 0 Å². The van der Waals surface area contributed by atoms with E-state index < -0.39 is 12.1 Å². The molecular weight excluding hydrogens is 300 g/mol. The molecule has 7 heteroatoms. The van der Waals surface area contributed by atoms with Gasteiger partial charge < -0.3 is 14.8 Å². The van der Waals surface area contributed by atoms with Crippen LogP contribution in [0, 0.1) is 11.8 Å². The van der Waals surface area contributed by atoms with E-state index in [0.29, 0.717) is 6.73 Å². The first-order valence-corrected chi connectivity index (χ1v) is 7.94. The molecule has 2 heterocycles. The summed E-state index contributed by atoms with van der Waals surface area (Å²) in [5.74, 6) is 0.277. The molecule has 0 unspecified atom stereocenters. The van der Waals surface area contributed by atoms with Gasteiger partial charge in [0.2, 0.25) is 0 Å². The summed E-state index contributed by atoms with van der Waals surface area (Å²) in [5.41, 5.74) is -0.346. The summed E-state index contributed by atoms with van der Waals surface area (Å²) in [6.07, 6.45) is -0.496. The molecule has 0 aromatic heterocycles. The second-order valence-electron chi connectivity index (χ2n) is 6.94. The van der Waals surface area contributed by atoms with Crippen molar-refractivity contribution in [3.8, 4) is 0 Å². The Kier molecular flexibility index (Phi) is 6.70. The number of nitrogens with one attached hydrogen (secondary N) is 2. The molecule has 0 aromatic carbocycles. The lowest BCUT2D eigenvalue weighted by Gasteiger charge is -2.24. The van der Waals surface area contributed by atoms with Gasteiger partial charge in [-0.3, -0.25) is 14.9 Å². The summed E-state index contributed by atoms with van der Waals surface area (Å²) in [6.45, 7) is 12.0. The Morgan fingerprint density at radius 3 is 2.04 bits per heavy atom. The molecule has 132 valence electrons. The van der Waals surface area contributed by atoms with Crippen molar-refractivity contribution in [1.82, 2.24) is 10.6 Å². The third-order valence-electron chi connectivity index (χ3n) is 3.87. The second-order valence-corrected chi connectivity index (χ2v) is 6.94. The minimum atomic E-state index is -0.496. The van der Waals surface area contributed by atoms with Crippen LogP contribution in [0.2, 0.25) is 0 Å². The first-order chi connectivity index (χ1) is 10.6. The Hall–Kier alpha value is -1.47. The van der Waals surface area contributed by atoms with E-state index in [2.05, 4.69) is 15.4 Å². The standard InChI is InChI=1S/C9H17NO2.C7H11NO3/c1-6(2)7(11)8-9(3,4)12-5-10-8;1-4(2)6(9)5-3-11-7(10)8-5/h6,8,10H,5H2,1-4H3;4-5H,3H2,1-2H3,(H,8,10)/t8-;5-/m10/s1. The van der Waals surface area contributed by atoms with Crippen molar-refractivity contribution in [1.29, 1.82) is 0 Å². The summed E-state index contributed by atoms with van der Waals surface area (Å²) in [5, 5.41) is 5.48. The van der Waals surface area contributed by atoms with Crippen LogP contribution in [0.25, 0.3) is 0 Å². The average Bonchev–Trinajstić information content (AvgIpc) is 3.03. The van der Waals surface area contributed by atoms with Gasteiger partial charge in [-0.05, 0) is 13.8 Å². The van der Waals surface area contributed by atoms with Gasteiger partial charge in [0.1, 0.15) is 12.6 Å². The molecule has 2 saturated heterocycles. The lowest BCUT2D eigenvalue weighted by Crippen LogP contribution is -2.46. The molecule has 0 spiro atoms. The molecule has 0 aliphatic carbocycles. The second kappa shape index (κ2) is 7.88. The molecule has 2 aliphatic heterocycles. The van der Waals surface area contributed by atoms with Crippen molar-refractivity contribution in [2.24, 2.45) is 11.8 Å². The van der Waals surface area contributed by atoms with E-state index in [1.165, 1.54) is 0 Å². The number of carbonyl (C=O) groups is 3. The number of ether oxygens (including phenoxy) is 2. The van der Waals surface area contributed by atoms with Crippen molar-refractivity contribution >= 4 is 17.7 Å². The number of hydrogen-bond acceptors (Lipinski definition) is 6. The average molecular weight is 328 g/mol. The maximum absolute atomic E-state index is 11.6. The zero-order chi connectivity index (χ0) is 17.8. The van der Waals surface area contributed by atoms with Crippen LogP contribution < -0.4 is 10.6 Å². The Morgan fingerprint density at radius 1 is 1.13 bits per heavy atom. The van der Waals surface area contributed by atoms with Crippen LogP contribution >= 0.6 is 0 Å². The maximum atomic E-state index is 11.6. The monoisotopic (exact) mass is 328 g/mol. The SMILES string of the molecule is CC(C)C(=O)[C@@H]1COC(=O)N1.CC(C)C(=O)[C@H]1NCOC1(C)C. The molecule has 2 aliphatic rings. The van der Waals surface area contributed by atoms with E-state index in [1.54, 1.807) is 13.8 Å². The van der Waals surface area contributed by atoms with Crippen molar-refractivity contribution in [2.75, 3.05) is 13.3 Å². The number of carbonyl (C=O) groups excluding carboxylic acids is 3. The topological polar surface area (TPSA) is 93.7 Å². The highest BCUT2D eigenvalue weighted by Gasteiger charge is 2.40. The molecule has 0 aromatic rings. The molecule has 23 heavy (non-hydrogen) atoms. The highest BCUT2D eigenvalue weighted by atomic mass is 16.6. The largest absolute Gasteiger partial charge is 0.447 e. The van der Waals surface area contributed by atoms with E-state index in [0.717, 1.165) is 0 Å². The van der Waals surface area contributed by atoms with Gasteiger partial charge in [0.05, 0.1) is 18.4 Å². The molecule has 2 rings (SSSR count). The fraction of sp³-hybridized carbons (Fsp3) is 0.812. The van der Waals surface area contributed by atoms with Crippen LogP contribution in [-0.2, 0) is 19.1 Å². The summed E-state index contributed by atoms with van der Waals surface area (Å²) in [6, 6.07) is -0.569. The highest BCUT2D eigenvalue weighted by Crippen LogP contribution is 2.22. The lowest BCUT2D eigenvalue weighted by atomic mass is 9.90. The van der Waals surface area contributed by atoms with Crippen molar-refractivity contribution in [3.05, 3.63) is 0 Å². The van der Waals surface area contributed by atoms with E-state index in [9.17, 15) is 14.4 Å². The fourth-order valence-corrected chi connectivity index (χ4v) is 2.36. The lowest BCUT2D eigenvalue weighted by molar-refractivity contribution is -0.126. The zero-order valence-electron chi connectivity index (χ0n) is 14.8. The van der Waals surface area contributed by atoms with Crippen LogP contribution in [-0.4, -0.2) is 48.7 Å².